The topological polar surface area (TPSA) is 82.6 Å². The van der Waals surface area contributed by atoms with Crippen molar-refractivity contribution in [3.8, 4) is 5.88 Å². The second-order valence-electron chi connectivity index (χ2n) is 7.97. The molecule has 36 heavy (non-hydrogen) atoms. The first-order valence-corrected chi connectivity index (χ1v) is 11.5. The molecule has 8 nitrogen and oxygen atoms in total. The molecule has 0 aliphatic carbocycles. The van der Waals surface area contributed by atoms with Gasteiger partial charge in [0.05, 0.1) is 15.7 Å². The number of alkyl halides is 3. The van der Waals surface area contributed by atoms with Crippen LogP contribution >= 0.6 is 23.2 Å². The highest BCUT2D eigenvalue weighted by Crippen LogP contribution is 2.32. The fourth-order valence-electron chi connectivity index (χ4n) is 3.52. The standard InChI is InChI=1S/C23H21Cl2F3N6O2/c1-33-9-11-34(12-10-33)15-7-5-14(6-8-15)30-22-29-13-16(21(32-22)36-23(26,27)28)20(35)31-19-17(24)3-2-4-18(19)25/h2-8,13H,9-12H2,1H3,(H,31,35)(H,29,30,32). The van der Waals surface area contributed by atoms with E-state index in [0.29, 0.717) is 5.69 Å². The number of hydrogen-bond donors (Lipinski definition) is 2. The zero-order valence-electron chi connectivity index (χ0n) is 18.9. The van der Waals surface area contributed by atoms with Crippen molar-refractivity contribution < 1.29 is 22.7 Å². The summed E-state index contributed by atoms with van der Waals surface area (Å²) in [7, 11) is 2.07. The number of ether oxygens (including phenoxy) is 1. The molecule has 0 bridgehead atoms. The normalized spacial score (nSPS) is 14.4. The molecule has 0 spiro atoms. The van der Waals surface area contributed by atoms with Crippen LogP contribution in [0.2, 0.25) is 10.0 Å². The van der Waals surface area contributed by atoms with Gasteiger partial charge in [-0.25, -0.2) is 4.98 Å². The number of para-hydroxylation sites is 1. The number of benzene rings is 2. The summed E-state index contributed by atoms with van der Waals surface area (Å²) in [6, 6.07) is 11.8. The first kappa shape index (κ1) is 25.8. The minimum absolute atomic E-state index is 0.0337. The van der Waals surface area contributed by atoms with Crippen molar-refractivity contribution in [2.24, 2.45) is 0 Å². The summed E-state index contributed by atoms with van der Waals surface area (Å²) in [6.07, 6.45) is -4.16. The van der Waals surface area contributed by atoms with E-state index in [1.807, 2.05) is 12.1 Å². The van der Waals surface area contributed by atoms with E-state index < -0.39 is 23.7 Å². The number of carbonyl (C=O) groups excluding carboxylic acids is 1. The Kier molecular flexibility index (Phi) is 7.72. The molecule has 1 fully saturated rings. The van der Waals surface area contributed by atoms with Gasteiger partial charge in [0.15, 0.2) is 0 Å². The fraction of sp³-hybridized carbons (Fsp3) is 0.261. The monoisotopic (exact) mass is 540 g/mol. The summed E-state index contributed by atoms with van der Waals surface area (Å²) in [4.78, 5) is 25.0. The van der Waals surface area contributed by atoms with Crippen molar-refractivity contribution in [3.63, 3.8) is 0 Å². The average molecular weight is 541 g/mol. The number of carbonyl (C=O) groups is 1. The first-order valence-electron chi connectivity index (χ1n) is 10.8. The lowest BCUT2D eigenvalue weighted by molar-refractivity contribution is -0.276. The molecule has 0 radical (unpaired) electrons. The molecule has 1 aromatic heterocycles. The molecule has 2 N–H and O–H groups in total. The highest BCUT2D eigenvalue weighted by molar-refractivity contribution is 6.40. The van der Waals surface area contributed by atoms with E-state index in [-0.39, 0.29) is 21.7 Å². The third kappa shape index (κ3) is 6.48. The van der Waals surface area contributed by atoms with Gasteiger partial charge < -0.3 is 25.2 Å². The summed E-state index contributed by atoms with van der Waals surface area (Å²) in [6.45, 7) is 3.71. The van der Waals surface area contributed by atoms with Gasteiger partial charge in [-0.2, -0.15) is 4.98 Å². The van der Waals surface area contributed by atoms with Gasteiger partial charge in [0.1, 0.15) is 5.56 Å². The number of halogens is 5. The number of rotatable bonds is 6. The molecule has 1 saturated heterocycles. The van der Waals surface area contributed by atoms with Gasteiger partial charge in [-0.3, -0.25) is 4.79 Å². The largest absolute Gasteiger partial charge is 0.574 e. The van der Waals surface area contributed by atoms with Crippen LogP contribution in [-0.4, -0.2) is 60.4 Å². The van der Waals surface area contributed by atoms with E-state index in [9.17, 15) is 18.0 Å². The summed E-state index contributed by atoms with van der Waals surface area (Å²) in [5.41, 5.74) is 1.05. The molecule has 0 saturated carbocycles. The Balaban J connectivity index is 1.53. The maximum atomic E-state index is 13.1. The molecule has 1 aliphatic rings. The van der Waals surface area contributed by atoms with Crippen LogP contribution in [-0.2, 0) is 0 Å². The SMILES string of the molecule is CN1CCN(c2ccc(Nc3ncc(C(=O)Nc4c(Cl)cccc4Cl)c(OC(F)(F)F)n3)cc2)CC1. The van der Waals surface area contributed by atoms with Crippen molar-refractivity contribution in [2.75, 3.05) is 48.8 Å². The maximum absolute atomic E-state index is 13.1. The van der Waals surface area contributed by atoms with Gasteiger partial charge in [-0.05, 0) is 43.4 Å². The minimum atomic E-state index is -5.09. The van der Waals surface area contributed by atoms with Crippen molar-refractivity contribution in [3.05, 3.63) is 64.3 Å². The van der Waals surface area contributed by atoms with Gasteiger partial charge >= 0.3 is 6.36 Å². The average Bonchev–Trinajstić information content (AvgIpc) is 2.82. The second-order valence-corrected chi connectivity index (χ2v) is 8.79. The zero-order valence-corrected chi connectivity index (χ0v) is 20.5. The second kappa shape index (κ2) is 10.8. The lowest BCUT2D eigenvalue weighted by Gasteiger charge is -2.34. The summed E-state index contributed by atoms with van der Waals surface area (Å²) >= 11 is 12.1. The number of hydrogen-bond acceptors (Lipinski definition) is 7. The smallest absolute Gasteiger partial charge is 0.387 e. The Labute approximate surface area is 215 Å². The predicted octanol–water partition coefficient (Wildman–Crippen LogP) is 5.43. The van der Waals surface area contributed by atoms with Crippen LogP contribution in [0, 0.1) is 0 Å². The van der Waals surface area contributed by atoms with E-state index in [1.165, 1.54) is 12.1 Å². The molecule has 4 rings (SSSR count). The van der Waals surface area contributed by atoms with Crippen molar-refractivity contribution in [1.29, 1.82) is 0 Å². The highest BCUT2D eigenvalue weighted by atomic mass is 35.5. The number of anilines is 4. The first-order chi connectivity index (χ1) is 17.1. The van der Waals surface area contributed by atoms with Crippen LogP contribution in [0.4, 0.5) is 36.2 Å². The Morgan fingerprint density at radius 1 is 1.03 bits per heavy atom. The molecule has 0 unspecified atom stereocenters. The van der Waals surface area contributed by atoms with E-state index in [1.54, 1.807) is 18.2 Å². The Bertz CT molecular complexity index is 1220. The molecular weight excluding hydrogens is 520 g/mol. The number of nitrogens with one attached hydrogen (secondary N) is 2. The third-order valence-corrected chi connectivity index (χ3v) is 6.03. The van der Waals surface area contributed by atoms with Crippen LogP contribution in [0.5, 0.6) is 5.88 Å². The number of aromatic nitrogens is 2. The predicted molar refractivity (Wildman–Crippen MR) is 133 cm³/mol. The molecule has 0 atom stereocenters. The quantitative estimate of drug-likeness (QED) is 0.431. The van der Waals surface area contributed by atoms with E-state index in [2.05, 4.69) is 42.2 Å². The van der Waals surface area contributed by atoms with Gasteiger partial charge in [-0.15, -0.1) is 13.2 Å². The molecule has 190 valence electrons. The van der Waals surface area contributed by atoms with Crippen molar-refractivity contribution in [2.45, 2.75) is 6.36 Å². The minimum Gasteiger partial charge on any atom is -0.387 e. The van der Waals surface area contributed by atoms with Gasteiger partial charge in [-0.1, -0.05) is 29.3 Å². The van der Waals surface area contributed by atoms with Gasteiger partial charge in [0.2, 0.25) is 11.8 Å². The molecule has 1 aliphatic heterocycles. The summed E-state index contributed by atoms with van der Waals surface area (Å²) in [5.74, 6) is -2.14. The molecule has 2 heterocycles. The molecular formula is C23H21Cl2F3N6O2. The summed E-state index contributed by atoms with van der Waals surface area (Å²) < 4.78 is 43.2. The molecule has 3 aromatic rings. The number of piperazine rings is 1. The van der Waals surface area contributed by atoms with Crippen molar-refractivity contribution in [1.82, 2.24) is 14.9 Å². The van der Waals surface area contributed by atoms with E-state index >= 15 is 0 Å². The molecule has 2 aromatic carbocycles. The van der Waals surface area contributed by atoms with E-state index in [4.69, 9.17) is 23.2 Å². The Morgan fingerprint density at radius 3 is 2.28 bits per heavy atom. The molecule has 1 amide bonds. The van der Waals surface area contributed by atoms with Crippen LogP contribution in [0.25, 0.3) is 0 Å². The van der Waals surface area contributed by atoms with Crippen LogP contribution in [0.15, 0.2) is 48.7 Å². The van der Waals surface area contributed by atoms with E-state index in [0.717, 1.165) is 38.1 Å². The Morgan fingerprint density at radius 2 is 1.67 bits per heavy atom. The fourth-order valence-corrected chi connectivity index (χ4v) is 4.01. The zero-order chi connectivity index (χ0) is 25.9. The maximum Gasteiger partial charge on any atom is 0.574 e. The third-order valence-electron chi connectivity index (χ3n) is 5.40. The number of nitrogens with zero attached hydrogens (tertiary/aromatic N) is 4. The number of likely N-dealkylation sites (N-methyl/N-ethyl adjacent to an activating group) is 1. The lowest BCUT2D eigenvalue weighted by Crippen LogP contribution is -2.44. The summed E-state index contributed by atoms with van der Waals surface area (Å²) in [5, 5.41) is 5.41. The van der Waals surface area contributed by atoms with Gasteiger partial charge in [0.25, 0.3) is 5.91 Å². The van der Waals surface area contributed by atoms with Crippen LogP contribution < -0.4 is 20.3 Å². The van der Waals surface area contributed by atoms with Gasteiger partial charge in [0, 0.05) is 43.8 Å². The molecule has 13 heteroatoms. The Hall–Kier alpha value is -3.28. The van der Waals surface area contributed by atoms with Crippen LogP contribution in [0.1, 0.15) is 10.4 Å². The highest BCUT2D eigenvalue weighted by Gasteiger charge is 2.34. The van der Waals surface area contributed by atoms with Crippen LogP contribution in [0.3, 0.4) is 0 Å². The number of amides is 1. The lowest BCUT2D eigenvalue weighted by atomic mass is 10.2. The van der Waals surface area contributed by atoms with Crippen molar-refractivity contribution >= 4 is 52.1 Å².